The van der Waals surface area contributed by atoms with Gasteiger partial charge in [0.15, 0.2) is 5.78 Å². The van der Waals surface area contributed by atoms with Crippen molar-refractivity contribution >= 4 is 29.1 Å². The minimum atomic E-state index is 0.0581. The Morgan fingerprint density at radius 3 is 2.54 bits per heavy atom. The van der Waals surface area contributed by atoms with Crippen molar-refractivity contribution in [1.29, 1.82) is 0 Å². The van der Waals surface area contributed by atoms with Crippen LogP contribution >= 0.6 is 23.4 Å². The largest absolute Gasteiger partial charge is 0.293 e. The molecule has 0 aliphatic carbocycles. The van der Waals surface area contributed by atoms with Gasteiger partial charge in [0.1, 0.15) is 0 Å². The number of tetrazole rings is 1. The molecule has 134 valence electrons. The van der Waals surface area contributed by atoms with Crippen molar-refractivity contribution in [3.63, 3.8) is 0 Å². The Kier molecular flexibility index (Phi) is 6.41. The van der Waals surface area contributed by atoms with E-state index in [4.69, 9.17) is 11.6 Å². The highest BCUT2D eigenvalue weighted by Crippen LogP contribution is 2.21. The number of halogens is 1. The number of aryl methyl sites for hydroxylation is 1. The molecule has 0 amide bonds. The van der Waals surface area contributed by atoms with Gasteiger partial charge in [0.05, 0.1) is 11.4 Å². The molecule has 5 nitrogen and oxygen atoms in total. The van der Waals surface area contributed by atoms with Crippen LogP contribution in [-0.2, 0) is 6.42 Å². The fraction of sp³-hybridized carbons (Fsp3) is 0.263. The van der Waals surface area contributed by atoms with Gasteiger partial charge in [-0.05, 0) is 53.1 Å². The van der Waals surface area contributed by atoms with E-state index in [1.807, 2.05) is 36.4 Å². The molecule has 2 aromatic carbocycles. The summed E-state index contributed by atoms with van der Waals surface area (Å²) in [7, 11) is 0. The predicted molar refractivity (Wildman–Crippen MR) is 104 cm³/mol. The number of rotatable bonds is 8. The Labute approximate surface area is 161 Å². The van der Waals surface area contributed by atoms with Crippen LogP contribution in [0.15, 0.2) is 53.7 Å². The number of hydrogen-bond acceptors (Lipinski definition) is 5. The Bertz CT molecular complexity index is 862. The highest BCUT2D eigenvalue weighted by molar-refractivity contribution is 7.99. The van der Waals surface area contributed by atoms with Crippen molar-refractivity contribution in [2.75, 3.05) is 5.75 Å². The molecule has 0 aliphatic heterocycles. The predicted octanol–water partition coefficient (Wildman–Crippen LogP) is 4.63. The van der Waals surface area contributed by atoms with Crippen LogP contribution in [0.5, 0.6) is 0 Å². The highest BCUT2D eigenvalue weighted by Gasteiger charge is 2.13. The lowest BCUT2D eigenvalue weighted by Crippen LogP contribution is -2.05. The monoisotopic (exact) mass is 386 g/mol. The highest BCUT2D eigenvalue weighted by atomic mass is 35.5. The van der Waals surface area contributed by atoms with Crippen LogP contribution in [0.4, 0.5) is 0 Å². The molecular weight excluding hydrogens is 368 g/mol. The zero-order valence-electron chi connectivity index (χ0n) is 14.4. The molecule has 0 saturated carbocycles. The quantitative estimate of drug-likeness (QED) is 0.417. The maximum atomic E-state index is 12.4. The van der Waals surface area contributed by atoms with E-state index < -0.39 is 0 Å². The van der Waals surface area contributed by atoms with E-state index in [9.17, 15) is 4.79 Å². The third-order valence-corrected chi connectivity index (χ3v) is 5.11. The molecule has 26 heavy (non-hydrogen) atoms. The summed E-state index contributed by atoms with van der Waals surface area (Å²) in [6.45, 7) is 2.17. The SMILES string of the molecule is CCCCc1ccc(C(=O)CSc2nnnn2-c2ccc(Cl)cc2)cc1. The van der Waals surface area contributed by atoms with Gasteiger partial charge < -0.3 is 0 Å². The summed E-state index contributed by atoms with van der Waals surface area (Å²) >= 11 is 7.23. The number of Topliss-reactive ketones (excluding diaryl/α,β-unsaturated/α-hetero) is 1. The van der Waals surface area contributed by atoms with E-state index in [0.29, 0.717) is 15.7 Å². The standard InChI is InChI=1S/C19H19ClN4OS/c1-2-3-4-14-5-7-15(8-6-14)18(25)13-26-19-21-22-23-24(19)17-11-9-16(20)10-12-17/h5-12H,2-4,13H2,1H3. The zero-order chi connectivity index (χ0) is 18.4. The van der Waals surface area contributed by atoms with E-state index in [1.54, 1.807) is 16.8 Å². The van der Waals surface area contributed by atoms with Gasteiger partial charge in [-0.25, -0.2) is 0 Å². The fourth-order valence-electron chi connectivity index (χ4n) is 2.46. The molecule has 0 saturated heterocycles. The van der Waals surface area contributed by atoms with Crippen LogP contribution in [0.3, 0.4) is 0 Å². The summed E-state index contributed by atoms with van der Waals surface area (Å²) in [5.41, 5.74) is 2.78. The first kappa shape index (κ1) is 18.6. The maximum absolute atomic E-state index is 12.4. The number of aromatic nitrogens is 4. The minimum Gasteiger partial charge on any atom is -0.293 e. The first-order chi connectivity index (χ1) is 12.7. The lowest BCUT2D eigenvalue weighted by Gasteiger charge is -2.05. The van der Waals surface area contributed by atoms with Crippen molar-refractivity contribution in [3.8, 4) is 5.69 Å². The Morgan fingerprint density at radius 2 is 1.85 bits per heavy atom. The van der Waals surface area contributed by atoms with E-state index in [1.165, 1.54) is 23.7 Å². The van der Waals surface area contributed by atoms with Crippen LogP contribution in [0.2, 0.25) is 5.02 Å². The summed E-state index contributed by atoms with van der Waals surface area (Å²) in [5.74, 6) is 0.338. The molecule has 3 aromatic rings. The summed E-state index contributed by atoms with van der Waals surface area (Å²) in [5, 5.41) is 12.9. The fourth-order valence-corrected chi connectivity index (χ4v) is 3.38. The van der Waals surface area contributed by atoms with Crippen molar-refractivity contribution in [2.24, 2.45) is 0 Å². The normalized spacial score (nSPS) is 10.8. The number of thioether (sulfide) groups is 1. The van der Waals surface area contributed by atoms with Crippen molar-refractivity contribution in [2.45, 2.75) is 31.3 Å². The zero-order valence-corrected chi connectivity index (χ0v) is 16.0. The topological polar surface area (TPSA) is 60.7 Å². The van der Waals surface area contributed by atoms with Crippen LogP contribution in [-0.4, -0.2) is 31.7 Å². The third kappa shape index (κ3) is 4.71. The summed E-state index contributed by atoms with van der Waals surface area (Å²) < 4.78 is 1.60. The number of carbonyl (C=O) groups is 1. The lowest BCUT2D eigenvalue weighted by molar-refractivity contribution is 0.102. The van der Waals surface area contributed by atoms with Crippen LogP contribution in [0.1, 0.15) is 35.7 Å². The molecule has 0 spiro atoms. The van der Waals surface area contributed by atoms with E-state index in [0.717, 1.165) is 18.5 Å². The van der Waals surface area contributed by atoms with Crippen LogP contribution < -0.4 is 0 Å². The van der Waals surface area contributed by atoms with Gasteiger partial charge in [0.25, 0.3) is 0 Å². The van der Waals surface area contributed by atoms with Crippen molar-refractivity contribution in [3.05, 3.63) is 64.7 Å². The summed E-state index contributed by atoms with van der Waals surface area (Å²) in [4.78, 5) is 12.4. The lowest BCUT2D eigenvalue weighted by atomic mass is 10.1. The van der Waals surface area contributed by atoms with E-state index in [-0.39, 0.29) is 11.5 Å². The number of ketones is 1. The molecule has 1 heterocycles. The third-order valence-electron chi connectivity index (χ3n) is 3.94. The number of unbranched alkanes of at least 4 members (excludes halogenated alkanes) is 1. The molecule has 0 bridgehead atoms. The van der Waals surface area contributed by atoms with Crippen LogP contribution in [0, 0.1) is 0 Å². The minimum absolute atomic E-state index is 0.0581. The molecular formula is C19H19ClN4OS. The molecule has 0 fully saturated rings. The second-order valence-electron chi connectivity index (χ2n) is 5.86. The second kappa shape index (κ2) is 8.96. The van der Waals surface area contributed by atoms with E-state index >= 15 is 0 Å². The maximum Gasteiger partial charge on any atom is 0.214 e. The first-order valence-electron chi connectivity index (χ1n) is 8.46. The molecule has 0 atom stereocenters. The number of carbonyl (C=O) groups excluding carboxylic acids is 1. The van der Waals surface area contributed by atoms with Gasteiger partial charge in [0.2, 0.25) is 5.16 Å². The number of nitrogens with zero attached hydrogens (tertiary/aromatic N) is 4. The van der Waals surface area contributed by atoms with Gasteiger partial charge in [-0.15, -0.1) is 5.10 Å². The first-order valence-corrected chi connectivity index (χ1v) is 9.83. The van der Waals surface area contributed by atoms with Crippen molar-refractivity contribution < 1.29 is 4.79 Å². The average Bonchev–Trinajstić information content (AvgIpc) is 3.14. The molecule has 3 rings (SSSR count). The molecule has 0 radical (unpaired) electrons. The Morgan fingerprint density at radius 1 is 1.12 bits per heavy atom. The van der Waals surface area contributed by atoms with Gasteiger partial charge >= 0.3 is 0 Å². The van der Waals surface area contributed by atoms with Crippen LogP contribution in [0.25, 0.3) is 5.69 Å². The molecule has 0 aliphatic rings. The van der Waals surface area contributed by atoms with Crippen molar-refractivity contribution in [1.82, 2.24) is 20.2 Å². The number of hydrogen-bond donors (Lipinski definition) is 0. The van der Waals surface area contributed by atoms with E-state index in [2.05, 4.69) is 22.4 Å². The van der Waals surface area contributed by atoms with Gasteiger partial charge in [-0.1, -0.05) is 61.0 Å². The van der Waals surface area contributed by atoms with Gasteiger partial charge in [0, 0.05) is 10.6 Å². The van der Waals surface area contributed by atoms with Gasteiger partial charge in [-0.3, -0.25) is 4.79 Å². The van der Waals surface area contributed by atoms with Gasteiger partial charge in [-0.2, -0.15) is 4.68 Å². The molecule has 0 N–H and O–H groups in total. The Balaban J connectivity index is 1.63. The second-order valence-corrected chi connectivity index (χ2v) is 7.24. The molecule has 1 aromatic heterocycles. The molecule has 0 unspecified atom stereocenters. The molecule has 7 heteroatoms. The average molecular weight is 387 g/mol. The summed E-state index contributed by atoms with van der Waals surface area (Å²) in [6.07, 6.45) is 3.38. The Hall–Kier alpha value is -2.18. The smallest absolute Gasteiger partial charge is 0.214 e. The summed E-state index contributed by atoms with van der Waals surface area (Å²) in [6, 6.07) is 15.1. The number of benzene rings is 2.